The SMILES string of the molecule is [O-][NH+](O)C1C2CC3CC(C2)CC1C3. The van der Waals surface area contributed by atoms with Gasteiger partial charge in [-0.15, -0.1) is 0 Å². The van der Waals surface area contributed by atoms with Crippen LogP contribution in [0.25, 0.3) is 0 Å². The van der Waals surface area contributed by atoms with Crippen molar-refractivity contribution in [3.63, 3.8) is 0 Å². The van der Waals surface area contributed by atoms with Crippen molar-refractivity contribution in [3.05, 3.63) is 5.21 Å². The average molecular weight is 183 g/mol. The van der Waals surface area contributed by atoms with Crippen LogP contribution in [0.1, 0.15) is 32.1 Å². The summed E-state index contributed by atoms with van der Waals surface area (Å²) in [6.07, 6.45) is 6.25. The normalized spacial score (nSPS) is 55.4. The maximum atomic E-state index is 11.1. The first-order chi connectivity index (χ1) is 6.24. The second-order valence-corrected chi connectivity index (χ2v) is 5.29. The van der Waals surface area contributed by atoms with Crippen LogP contribution in [0, 0.1) is 28.9 Å². The molecule has 0 radical (unpaired) electrons. The van der Waals surface area contributed by atoms with E-state index in [4.69, 9.17) is 5.21 Å². The molecule has 4 rings (SSSR count). The summed E-state index contributed by atoms with van der Waals surface area (Å²) in [4.78, 5) is 0. The average Bonchev–Trinajstić information content (AvgIpc) is 2.00. The first-order valence-corrected chi connectivity index (χ1v) is 5.47. The Hall–Kier alpha value is -0.120. The lowest BCUT2D eigenvalue weighted by Crippen LogP contribution is -3.11. The van der Waals surface area contributed by atoms with Gasteiger partial charge in [-0.2, -0.15) is 0 Å². The van der Waals surface area contributed by atoms with Crippen LogP contribution in [0.5, 0.6) is 0 Å². The van der Waals surface area contributed by atoms with Gasteiger partial charge in [-0.25, -0.2) is 10.4 Å². The van der Waals surface area contributed by atoms with Gasteiger partial charge in [0.15, 0.2) is 0 Å². The van der Waals surface area contributed by atoms with E-state index < -0.39 is 5.23 Å². The summed E-state index contributed by atoms with van der Waals surface area (Å²) < 4.78 is 0. The van der Waals surface area contributed by atoms with Gasteiger partial charge in [-0.1, -0.05) is 0 Å². The van der Waals surface area contributed by atoms with Crippen LogP contribution in [0.2, 0.25) is 0 Å². The van der Waals surface area contributed by atoms with Crippen LogP contribution in [-0.4, -0.2) is 11.2 Å². The van der Waals surface area contributed by atoms with Crippen LogP contribution in [0.15, 0.2) is 0 Å². The fourth-order valence-corrected chi connectivity index (χ4v) is 4.33. The van der Waals surface area contributed by atoms with Crippen molar-refractivity contribution in [2.24, 2.45) is 23.7 Å². The van der Waals surface area contributed by atoms with Crippen LogP contribution in [-0.2, 0) is 0 Å². The molecule has 13 heavy (non-hydrogen) atoms. The molecular formula is C10H17NO2. The molecule has 4 saturated carbocycles. The molecule has 0 aromatic heterocycles. The van der Waals surface area contributed by atoms with E-state index in [1.807, 2.05) is 0 Å². The molecule has 3 heteroatoms. The zero-order chi connectivity index (χ0) is 9.00. The molecule has 0 heterocycles. The van der Waals surface area contributed by atoms with Gasteiger partial charge in [0.25, 0.3) is 0 Å². The third kappa shape index (κ3) is 1.14. The number of quaternary nitrogens is 1. The monoisotopic (exact) mass is 183 g/mol. The van der Waals surface area contributed by atoms with E-state index in [1.165, 1.54) is 32.1 Å². The van der Waals surface area contributed by atoms with Gasteiger partial charge in [0.1, 0.15) is 6.04 Å². The van der Waals surface area contributed by atoms with Crippen LogP contribution in [0.3, 0.4) is 0 Å². The second-order valence-electron chi connectivity index (χ2n) is 5.29. The third-order valence-corrected chi connectivity index (χ3v) is 4.51. The van der Waals surface area contributed by atoms with E-state index >= 15 is 0 Å². The van der Waals surface area contributed by atoms with E-state index in [0.717, 1.165) is 11.8 Å². The first-order valence-electron chi connectivity index (χ1n) is 5.47. The fraction of sp³-hybridized carbons (Fsp3) is 1.00. The van der Waals surface area contributed by atoms with Crippen LogP contribution < -0.4 is 5.23 Å². The van der Waals surface area contributed by atoms with Gasteiger partial charge in [-0.05, 0) is 43.9 Å². The lowest BCUT2D eigenvalue weighted by Gasteiger charge is -2.54. The lowest BCUT2D eigenvalue weighted by molar-refractivity contribution is -1.07. The second kappa shape index (κ2) is 2.69. The van der Waals surface area contributed by atoms with Crippen molar-refractivity contribution in [1.29, 1.82) is 0 Å². The Balaban J connectivity index is 1.85. The van der Waals surface area contributed by atoms with Gasteiger partial charge >= 0.3 is 0 Å². The third-order valence-electron chi connectivity index (χ3n) is 4.51. The molecule has 1 atom stereocenters. The number of nitrogens with one attached hydrogen (secondary N) is 1. The molecule has 4 fully saturated rings. The Morgan fingerprint density at radius 2 is 1.38 bits per heavy atom. The Kier molecular flexibility index (Phi) is 1.70. The highest BCUT2D eigenvalue weighted by Crippen LogP contribution is 2.52. The minimum absolute atomic E-state index is 0.0211. The molecule has 0 spiro atoms. The molecular weight excluding hydrogens is 166 g/mol. The standard InChI is InChI=1S/C10H17NO2/c12-11(13)10-8-2-6-1-7(4-8)5-9(10)3-6/h6-12H,1-5H2. The molecule has 2 N–H and O–H groups in total. The van der Waals surface area contributed by atoms with E-state index in [0.29, 0.717) is 11.8 Å². The van der Waals surface area contributed by atoms with E-state index in [2.05, 4.69) is 0 Å². The molecule has 0 amide bonds. The highest BCUT2D eigenvalue weighted by Gasteiger charge is 2.51. The van der Waals surface area contributed by atoms with Gasteiger partial charge in [0, 0.05) is 11.8 Å². The molecule has 1 unspecified atom stereocenters. The molecule has 4 aliphatic rings. The molecule has 0 aliphatic heterocycles. The molecule has 0 saturated heterocycles. The van der Waals surface area contributed by atoms with E-state index in [9.17, 15) is 5.21 Å². The fourth-order valence-electron chi connectivity index (χ4n) is 4.33. The quantitative estimate of drug-likeness (QED) is 0.584. The lowest BCUT2D eigenvalue weighted by atomic mass is 9.54. The zero-order valence-electron chi connectivity index (χ0n) is 7.78. The molecule has 4 bridgehead atoms. The molecule has 4 aliphatic carbocycles. The van der Waals surface area contributed by atoms with Crippen molar-refractivity contribution >= 4 is 0 Å². The minimum atomic E-state index is -0.520. The largest absolute Gasteiger partial charge is 0.600 e. The summed E-state index contributed by atoms with van der Waals surface area (Å²) in [5.41, 5.74) is 0. The van der Waals surface area contributed by atoms with E-state index in [-0.39, 0.29) is 6.04 Å². The van der Waals surface area contributed by atoms with Gasteiger partial charge < -0.3 is 5.21 Å². The number of rotatable bonds is 1. The number of hydroxylamine groups is 2. The zero-order valence-corrected chi connectivity index (χ0v) is 7.78. The summed E-state index contributed by atoms with van der Waals surface area (Å²) in [5, 5.41) is 19.7. The summed E-state index contributed by atoms with van der Waals surface area (Å²) in [7, 11) is 0. The van der Waals surface area contributed by atoms with Crippen molar-refractivity contribution in [2.75, 3.05) is 0 Å². The van der Waals surface area contributed by atoms with E-state index in [1.54, 1.807) is 0 Å². The maximum Gasteiger partial charge on any atom is 0.122 e. The van der Waals surface area contributed by atoms with Crippen molar-refractivity contribution in [2.45, 2.75) is 38.1 Å². The minimum Gasteiger partial charge on any atom is -0.600 e. The number of hydrogen-bond acceptors (Lipinski definition) is 2. The molecule has 3 nitrogen and oxygen atoms in total. The number of hydrogen-bond donors (Lipinski definition) is 2. The Bertz CT molecular complexity index is 189. The Labute approximate surface area is 78.3 Å². The molecule has 0 aromatic carbocycles. The Morgan fingerprint density at radius 1 is 0.923 bits per heavy atom. The van der Waals surface area contributed by atoms with Gasteiger partial charge in [-0.3, -0.25) is 0 Å². The van der Waals surface area contributed by atoms with Crippen LogP contribution >= 0.6 is 0 Å². The predicted octanol–water partition coefficient (Wildman–Crippen LogP) is 0.583. The smallest absolute Gasteiger partial charge is 0.122 e. The van der Waals surface area contributed by atoms with Gasteiger partial charge in [0.05, 0.1) is 0 Å². The molecule has 0 aromatic rings. The highest BCUT2D eigenvalue weighted by molar-refractivity contribution is 4.98. The Morgan fingerprint density at radius 3 is 1.77 bits per heavy atom. The van der Waals surface area contributed by atoms with Crippen molar-refractivity contribution in [1.82, 2.24) is 0 Å². The summed E-state index contributed by atoms with van der Waals surface area (Å²) in [5.74, 6) is 2.85. The summed E-state index contributed by atoms with van der Waals surface area (Å²) in [6.45, 7) is 0. The summed E-state index contributed by atoms with van der Waals surface area (Å²) in [6, 6.07) is 0.0211. The van der Waals surface area contributed by atoms with Gasteiger partial charge in [0.2, 0.25) is 0 Å². The predicted molar refractivity (Wildman–Crippen MR) is 46.9 cm³/mol. The highest BCUT2D eigenvalue weighted by atomic mass is 16.8. The maximum absolute atomic E-state index is 11.1. The topological polar surface area (TPSA) is 47.7 Å². The van der Waals surface area contributed by atoms with Crippen LogP contribution in [0.4, 0.5) is 0 Å². The van der Waals surface area contributed by atoms with Crippen molar-refractivity contribution < 1.29 is 10.4 Å². The first kappa shape index (κ1) is 8.21. The molecule has 74 valence electrons. The van der Waals surface area contributed by atoms with Crippen molar-refractivity contribution in [3.8, 4) is 0 Å². The summed E-state index contributed by atoms with van der Waals surface area (Å²) >= 11 is 0.